The highest BCUT2D eigenvalue weighted by molar-refractivity contribution is 5.73. The summed E-state index contributed by atoms with van der Waals surface area (Å²) in [7, 11) is 0. The minimum absolute atomic E-state index is 0.221. The highest BCUT2D eigenvalue weighted by atomic mass is 16.6. The van der Waals surface area contributed by atoms with Crippen molar-refractivity contribution in [1.29, 1.82) is 0 Å². The van der Waals surface area contributed by atoms with Crippen LogP contribution < -0.4 is 0 Å². The van der Waals surface area contributed by atoms with Gasteiger partial charge in [0.05, 0.1) is 6.54 Å². The number of nitrogens with zero attached hydrogens (tertiary/aromatic N) is 3. The van der Waals surface area contributed by atoms with Crippen LogP contribution in [-0.4, -0.2) is 39.6 Å². The van der Waals surface area contributed by atoms with Crippen LogP contribution in [-0.2, 0) is 23.4 Å². The van der Waals surface area contributed by atoms with Crippen LogP contribution in [0.2, 0.25) is 0 Å². The SMILES string of the molecule is CC1(c2ccccc2)N(Cc2ccccc2)C(=O)OC12CCN(Cc1cccnc1)CC2. The van der Waals surface area contributed by atoms with Crippen molar-refractivity contribution in [2.24, 2.45) is 0 Å². The van der Waals surface area contributed by atoms with Gasteiger partial charge in [0.1, 0.15) is 11.1 Å². The quantitative estimate of drug-likeness (QED) is 0.576. The van der Waals surface area contributed by atoms with Crippen molar-refractivity contribution in [1.82, 2.24) is 14.8 Å². The zero-order valence-corrected chi connectivity index (χ0v) is 18.5. The van der Waals surface area contributed by atoms with E-state index in [-0.39, 0.29) is 6.09 Å². The molecule has 0 radical (unpaired) electrons. The van der Waals surface area contributed by atoms with Gasteiger partial charge in [0.2, 0.25) is 0 Å². The van der Waals surface area contributed by atoms with Gasteiger partial charge in [-0.3, -0.25) is 14.8 Å². The van der Waals surface area contributed by atoms with E-state index >= 15 is 0 Å². The molecule has 2 aliphatic heterocycles. The summed E-state index contributed by atoms with van der Waals surface area (Å²) in [5, 5.41) is 0. The van der Waals surface area contributed by atoms with Crippen molar-refractivity contribution < 1.29 is 9.53 Å². The van der Waals surface area contributed by atoms with E-state index < -0.39 is 11.1 Å². The molecule has 0 bridgehead atoms. The normalized spacial score (nSPS) is 22.8. The molecule has 2 aromatic carbocycles. The molecule has 1 amide bonds. The number of amides is 1. The van der Waals surface area contributed by atoms with Crippen LogP contribution in [0.25, 0.3) is 0 Å². The maximum absolute atomic E-state index is 13.3. The summed E-state index contributed by atoms with van der Waals surface area (Å²) in [5.74, 6) is 0. The second-order valence-corrected chi connectivity index (χ2v) is 9.01. The van der Waals surface area contributed by atoms with Crippen LogP contribution >= 0.6 is 0 Å². The molecular weight excluding hydrogens is 398 g/mol. The Balaban J connectivity index is 1.44. The molecule has 5 rings (SSSR count). The van der Waals surface area contributed by atoms with E-state index in [4.69, 9.17) is 4.74 Å². The van der Waals surface area contributed by atoms with Crippen molar-refractivity contribution in [2.75, 3.05) is 13.1 Å². The maximum atomic E-state index is 13.3. The highest BCUT2D eigenvalue weighted by Crippen LogP contribution is 2.52. The van der Waals surface area contributed by atoms with E-state index in [1.54, 1.807) is 6.20 Å². The van der Waals surface area contributed by atoms with Gasteiger partial charge in [-0.1, -0.05) is 66.7 Å². The smallest absolute Gasteiger partial charge is 0.411 e. The number of piperidine rings is 1. The first-order valence-electron chi connectivity index (χ1n) is 11.3. The Labute approximate surface area is 189 Å². The lowest BCUT2D eigenvalue weighted by molar-refractivity contribution is -0.0614. The lowest BCUT2D eigenvalue weighted by atomic mass is 9.70. The highest BCUT2D eigenvalue weighted by Gasteiger charge is 2.63. The molecule has 5 nitrogen and oxygen atoms in total. The average molecular weight is 428 g/mol. The van der Waals surface area contributed by atoms with Gasteiger partial charge in [0.25, 0.3) is 0 Å². The summed E-state index contributed by atoms with van der Waals surface area (Å²) in [4.78, 5) is 21.9. The molecule has 2 saturated heterocycles. The van der Waals surface area contributed by atoms with Crippen molar-refractivity contribution in [3.05, 3.63) is 102 Å². The zero-order chi connectivity index (χ0) is 22.0. The fourth-order valence-corrected chi connectivity index (χ4v) is 5.33. The minimum atomic E-state index is -0.550. The molecule has 2 aliphatic rings. The van der Waals surface area contributed by atoms with E-state index in [1.165, 1.54) is 5.56 Å². The van der Waals surface area contributed by atoms with Gasteiger partial charge in [-0.05, 0) is 29.7 Å². The molecule has 5 heteroatoms. The Morgan fingerprint density at radius 1 is 0.875 bits per heavy atom. The lowest BCUT2D eigenvalue weighted by Gasteiger charge is -2.48. The van der Waals surface area contributed by atoms with Crippen LogP contribution in [0.4, 0.5) is 4.79 Å². The molecule has 3 aromatic rings. The van der Waals surface area contributed by atoms with Crippen molar-refractivity contribution in [3.63, 3.8) is 0 Å². The third kappa shape index (κ3) is 3.56. The number of carbonyl (C=O) groups excluding carboxylic acids is 1. The van der Waals surface area contributed by atoms with Gasteiger partial charge in [-0.2, -0.15) is 0 Å². The Hall–Kier alpha value is -3.18. The number of pyridine rings is 1. The molecule has 0 saturated carbocycles. The Kier molecular flexibility index (Phi) is 5.43. The third-order valence-electron chi connectivity index (χ3n) is 7.24. The second kappa shape index (κ2) is 8.40. The monoisotopic (exact) mass is 427 g/mol. The first kappa shape index (κ1) is 20.7. The van der Waals surface area contributed by atoms with Crippen LogP contribution in [0.5, 0.6) is 0 Å². The molecule has 2 fully saturated rings. The van der Waals surface area contributed by atoms with Crippen molar-refractivity contribution >= 4 is 6.09 Å². The molecule has 1 atom stereocenters. The van der Waals surface area contributed by atoms with E-state index in [0.29, 0.717) is 6.54 Å². The summed E-state index contributed by atoms with van der Waals surface area (Å²) < 4.78 is 6.29. The number of hydrogen-bond donors (Lipinski definition) is 0. The molecule has 0 aliphatic carbocycles. The Morgan fingerprint density at radius 2 is 1.53 bits per heavy atom. The summed E-state index contributed by atoms with van der Waals surface area (Å²) >= 11 is 0. The van der Waals surface area contributed by atoms with Crippen LogP contribution in [0.1, 0.15) is 36.5 Å². The Bertz CT molecular complexity index is 1050. The maximum Gasteiger partial charge on any atom is 0.411 e. The van der Waals surface area contributed by atoms with Gasteiger partial charge in [-0.15, -0.1) is 0 Å². The topological polar surface area (TPSA) is 45.7 Å². The second-order valence-electron chi connectivity index (χ2n) is 9.01. The fourth-order valence-electron chi connectivity index (χ4n) is 5.33. The predicted molar refractivity (Wildman–Crippen MR) is 124 cm³/mol. The van der Waals surface area contributed by atoms with E-state index in [1.807, 2.05) is 41.4 Å². The number of carbonyl (C=O) groups is 1. The van der Waals surface area contributed by atoms with E-state index in [0.717, 1.165) is 43.6 Å². The van der Waals surface area contributed by atoms with Crippen LogP contribution in [0.15, 0.2) is 85.2 Å². The average Bonchev–Trinajstić information content (AvgIpc) is 3.04. The van der Waals surface area contributed by atoms with Gasteiger partial charge in [0.15, 0.2) is 0 Å². The van der Waals surface area contributed by atoms with Crippen molar-refractivity contribution in [3.8, 4) is 0 Å². The third-order valence-corrected chi connectivity index (χ3v) is 7.24. The summed E-state index contributed by atoms with van der Waals surface area (Å²) in [6.07, 6.45) is 5.11. The van der Waals surface area contributed by atoms with Gasteiger partial charge < -0.3 is 4.74 Å². The van der Waals surface area contributed by atoms with Gasteiger partial charge in [0, 0.05) is 44.9 Å². The summed E-state index contributed by atoms with van der Waals surface area (Å²) in [6.45, 7) is 5.35. The first-order valence-corrected chi connectivity index (χ1v) is 11.3. The molecule has 0 N–H and O–H groups in total. The molecule has 1 spiro atoms. The molecule has 1 aromatic heterocycles. The Morgan fingerprint density at radius 3 is 2.19 bits per heavy atom. The van der Waals surface area contributed by atoms with Gasteiger partial charge in [-0.25, -0.2) is 4.79 Å². The standard InChI is InChI=1S/C27H29N3O2/c1-26(24-12-6-3-7-13-24)27(32-25(31)30(26)21-22-9-4-2-5-10-22)14-17-29(18-15-27)20-23-11-8-16-28-19-23/h2-13,16,19H,14-15,17-18,20-21H2,1H3. The predicted octanol–water partition coefficient (Wildman–Crippen LogP) is 4.98. The first-order chi connectivity index (χ1) is 15.6. The molecular formula is C27H29N3O2. The molecule has 164 valence electrons. The van der Waals surface area contributed by atoms with Crippen LogP contribution in [0, 0.1) is 0 Å². The number of likely N-dealkylation sites (tertiary alicyclic amines) is 1. The number of rotatable bonds is 5. The van der Waals surface area contributed by atoms with Gasteiger partial charge >= 0.3 is 6.09 Å². The lowest BCUT2D eigenvalue weighted by Crippen LogP contribution is -2.58. The summed E-state index contributed by atoms with van der Waals surface area (Å²) in [6, 6.07) is 24.7. The summed E-state index contributed by atoms with van der Waals surface area (Å²) in [5.41, 5.74) is 2.36. The molecule has 3 heterocycles. The molecule has 32 heavy (non-hydrogen) atoms. The fraction of sp³-hybridized carbons (Fsp3) is 0.333. The molecule has 1 unspecified atom stereocenters. The van der Waals surface area contributed by atoms with E-state index in [2.05, 4.69) is 59.3 Å². The largest absolute Gasteiger partial charge is 0.440 e. The zero-order valence-electron chi connectivity index (χ0n) is 18.5. The minimum Gasteiger partial charge on any atom is -0.440 e. The van der Waals surface area contributed by atoms with Crippen LogP contribution in [0.3, 0.4) is 0 Å². The van der Waals surface area contributed by atoms with Crippen molar-refractivity contribution in [2.45, 2.75) is 44.0 Å². The number of benzene rings is 2. The van der Waals surface area contributed by atoms with E-state index in [9.17, 15) is 4.79 Å². The number of hydrogen-bond acceptors (Lipinski definition) is 4. The number of ether oxygens (including phenoxy) is 1. The number of aromatic nitrogens is 1.